The van der Waals surface area contributed by atoms with Gasteiger partial charge in [-0.15, -0.1) is 11.3 Å². The lowest BCUT2D eigenvalue weighted by Gasteiger charge is -2.23. The fourth-order valence-electron chi connectivity index (χ4n) is 3.81. The van der Waals surface area contributed by atoms with Crippen molar-refractivity contribution in [1.29, 1.82) is 0 Å². The molecular formula is C21H24N4OS. The average Bonchev–Trinajstić information content (AvgIpc) is 3.47. The largest absolute Gasteiger partial charge is 0.370 e. The molecule has 1 saturated carbocycles. The second-order valence-electron chi connectivity index (χ2n) is 7.72. The zero-order valence-electron chi connectivity index (χ0n) is 15.6. The molecule has 0 amide bonds. The average molecular weight is 381 g/mol. The van der Waals surface area contributed by atoms with E-state index in [1.54, 1.807) is 22.2 Å². The summed E-state index contributed by atoms with van der Waals surface area (Å²) in [6.45, 7) is 4.36. The van der Waals surface area contributed by atoms with Gasteiger partial charge in [0, 0.05) is 30.2 Å². The Bertz CT molecular complexity index is 1020. The summed E-state index contributed by atoms with van der Waals surface area (Å²) in [4.78, 5) is 23.6. The molecule has 27 heavy (non-hydrogen) atoms. The number of aromatic nitrogens is 2. The normalized spacial score (nSPS) is 18.8. The molecule has 2 aromatic heterocycles. The Morgan fingerprint density at radius 1 is 1.04 bits per heavy atom. The van der Waals surface area contributed by atoms with Crippen LogP contribution in [-0.2, 0) is 0 Å². The highest BCUT2D eigenvalue weighted by atomic mass is 32.1. The third kappa shape index (κ3) is 3.28. The smallest absolute Gasteiger partial charge is 0.275 e. The summed E-state index contributed by atoms with van der Waals surface area (Å²) in [5.74, 6) is 0.656. The summed E-state index contributed by atoms with van der Waals surface area (Å²) in [6, 6.07) is 10.4. The van der Waals surface area contributed by atoms with Crippen LogP contribution in [0.4, 0.5) is 5.69 Å². The van der Waals surface area contributed by atoms with Gasteiger partial charge in [0.05, 0.1) is 11.2 Å². The van der Waals surface area contributed by atoms with Gasteiger partial charge in [-0.25, -0.2) is 4.98 Å². The van der Waals surface area contributed by atoms with Gasteiger partial charge in [-0.05, 0) is 69.1 Å². The van der Waals surface area contributed by atoms with Gasteiger partial charge in [0.25, 0.3) is 5.56 Å². The van der Waals surface area contributed by atoms with Gasteiger partial charge in [0.15, 0.2) is 0 Å². The van der Waals surface area contributed by atoms with Gasteiger partial charge in [0.2, 0.25) is 0 Å². The zero-order valence-corrected chi connectivity index (χ0v) is 16.4. The molecule has 2 fully saturated rings. The maximum absolute atomic E-state index is 13.0. The minimum atomic E-state index is 0.0426. The highest BCUT2D eigenvalue weighted by Gasteiger charge is 2.26. The van der Waals surface area contributed by atoms with E-state index in [4.69, 9.17) is 0 Å². The summed E-state index contributed by atoms with van der Waals surface area (Å²) < 4.78 is 2.45. The Hall–Kier alpha value is -2.18. The predicted molar refractivity (Wildman–Crippen MR) is 112 cm³/mol. The third-order valence-corrected chi connectivity index (χ3v) is 6.92. The minimum absolute atomic E-state index is 0.0426. The lowest BCUT2D eigenvalue weighted by atomic mass is 10.2. The van der Waals surface area contributed by atoms with Crippen molar-refractivity contribution < 1.29 is 0 Å². The van der Waals surface area contributed by atoms with Gasteiger partial charge >= 0.3 is 0 Å². The Morgan fingerprint density at radius 3 is 2.59 bits per heavy atom. The van der Waals surface area contributed by atoms with Crippen molar-refractivity contribution in [2.75, 3.05) is 38.1 Å². The molecule has 6 heteroatoms. The molecule has 1 aliphatic carbocycles. The minimum Gasteiger partial charge on any atom is -0.370 e. The summed E-state index contributed by atoms with van der Waals surface area (Å²) in [5, 5.41) is 0. The van der Waals surface area contributed by atoms with E-state index >= 15 is 0 Å². The second kappa shape index (κ2) is 6.77. The molecule has 0 N–H and O–H groups in total. The van der Waals surface area contributed by atoms with Crippen LogP contribution in [0.25, 0.3) is 15.9 Å². The number of nitrogens with zero attached hydrogens (tertiary/aromatic N) is 4. The first-order chi connectivity index (χ1) is 13.2. The number of hydrogen-bond donors (Lipinski definition) is 0. The van der Waals surface area contributed by atoms with Crippen LogP contribution in [0, 0.1) is 0 Å². The zero-order chi connectivity index (χ0) is 18.4. The number of benzene rings is 1. The lowest BCUT2D eigenvalue weighted by molar-refractivity contribution is 0.360. The Kier molecular flexibility index (Phi) is 4.25. The van der Waals surface area contributed by atoms with Crippen molar-refractivity contribution in [3.05, 3.63) is 51.9 Å². The molecule has 5 nitrogen and oxygen atoms in total. The number of fused-ring (bicyclic) bond motifs is 1. The van der Waals surface area contributed by atoms with Gasteiger partial charge in [-0.3, -0.25) is 9.36 Å². The number of anilines is 1. The molecule has 1 aliphatic heterocycles. The summed E-state index contributed by atoms with van der Waals surface area (Å²) >= 11 is 1.62. The molecule has 0 unspecified atom stereocenters. The topological polar surface area (TPSA) is 41.4 Å². The summed E-state index contributed by atoms with van der Waals surface area (Å²) in [7, 11) is 2.18. The van der Waals surface area contributed by atoms with Gasteiger partial charge < -0.3 is 9.80 Å². The van der Waals surface area contributed by atoms with E-state index in [0.717, 1.165) is 42.1 Å². The van der Waals surface area contributed by atoms with Gasteiger partial charge in [-0.2, -0.15) is 0 Å². The lowest BCUT2D eigenvalue weighted by Crippen LogP contribution is -2.28. The Morgan fingerprint density at radius 2 is 1.81 bits per heavy atom. The van der Waals surface area contributed by atoms with Crippen LogP contribution < -0.4 is 10.5 Å². The van der Waals surface area contributed by atoms with E-state index < -0.39 is 0 Å². The highest BCUT2D eigenvalue weighted by molar-refractivity contribution is 7.19. The van der Waals surface area contributed by atoms with Crippen LogP contribution in [-0.4, -0.2) is 47.7 Å². The number of rotatable bonds is 3. The van der Waals surface area contributed by atoms with E-state index in [0.29, 0.717) is 5.92 Å². The van der Waals surface area contributed by atoms with Crippen LogP contribution in [0.1, 0.15) is 30.1 Å². The van der Waals surface area contributed by atoms with Gasteiger partial charge in [-0.1, -0.05) is 0 Å². The van der Waals surface area contributed by atoms with Crippen LogP contribution in [0.15, 0.2) is 41.5 Å². The number of thiophene rings is 1. The first kappa shape index (κ1) is 17.0. The fraction of sp³-hybridized carbons (Fsp3) is 0.429. The second-order valence-corrected chi connectivity index (χ2v) is 8.80. The quantitative estimate of drug-likeness (QED) is 0.698. The van der Waals surface area contributed by atoms with E-state index in [1.165, 1.54) is 29.8 Å². The van der Waals surface area contributed by atoms with Crippen molar-refractivity contribution in [2.24, 2.45) is 0 Å². The first-order valence-corrected chi connectivity index (χ1v) is 10.6. The number of likely N-dealkylation sites (N-methyl/N-ethyl adjacent to an activating group) is 1. The van der Waals surface area contributed by atoms with Crippen molar-refractivity contribution in [3.8, 4) is 5.69 Å². The van der Waals surface area contributed by atoms with Crippen LogP contribution in [0.5, 0.6) is 0 Å². The first-order valence-electron chi connectivity index (χ1n) is 9.74. The molecule has 3 heterocycles. The third-order valence-electron chi connectivity index (χ3n) is 5.65. The molecule has 0 atom stereocenters. The highest BCUT2D eigenvalue weighted by Crippen LogP contribution is 2.44. The van der Waals surface area contributed by atoms with Crippen LogP contribution in [0.2, 0.25) is 0 Å². The molecule has 140 valence electrons. The standard InChI is InChI=1S/C21H24N4OS/c1-23-9-2-10-24(12-11-23)16-5-7-17(8-6-16)25-14-22-18-13-19(15-3-4-15)27-20(18)21(25)26/h5-8,13-15H,2-4,9-12H2,1H3. The fourth-order valence-corrected chi connectivity index (χ4v) is 5.02. The van der Waals surface area contributed by atoms with E-state index in [9.17, 15) is 4.79 Å². The molecule has 2 aliphatic rings. The molecule has 0 bridgehead atoms. The van der Waals surface area contributed by atoms with Gasteiger partial charge in [0.1, 0.15) is 11.0 Å². The predicted octanol–water partition coefficient (Wildman–Crippen LogP) is 3.47. The molecule has 1 aromatic carbocycles. The van der Waals surface area contributed by atoms with E-state index in [2.05, 4.69) is 40.0 Å². The van der Waals surface area contributed by atoms with Crippen molar-refractivity contribution in [1.82, 2.24) is 14.5 Å². The SMILES string of the molecule is CN1CCCN(c2ccc(-n3cnc4cc(C5CC5)sc4c3=O)cc2)CC1. The maximum atomic E-state index is 13.0. The molecule has 1 saturated heterocycles. The van der Waals surface area contributed by atoms with E-state index in [1.807, 2.05) is 12.1 Å². The molecule has 0 spiro atoms. The van der Waals surface area contributed by atoms with E-state index in [-0.39, 0.29) is 5.56 Å². The van der Waals surface area contributed by atoms with Crippen molar-refractivity contribution in [2.45, 2.75) is 25.2 Å². The number of hydrogen-bond acceptors (Lipinski definition) is 5. The summed E-state index contributed by atoms with van der Waals surface area (Å²) in [6.07, 6.45) is 5.34. The molecule has 5 rings (SSSR count). The van der Waals surface area contributed by atoms with Crippen molar-refractivity contribution >= 4 is 27.2 Å². The van der Waals surface area contributed by atoms with Crippen LogP contribution >= 0.6 is 11.3 Å². The Labute approximate surface area is 162 Å². The monoisotopic (exact) mass is 380 g/mol. The Balaban J connectivity index is 1.44. The molecule has 3 aromatic rings. The summed E-state index contributed by atoms with van der Waals surface area (Å²) in [5.41, 5.74) is 2.99. The van der Waals surface area contributed by atoms with Crippen molar-refractivity contribution in [3.63, 3.8) is 0 Å². The maximum Gasteiger partial charge on any atom is 0.275 e. The molecular weight excluding hydrogens is 356 g/mol. The molecule has 0 radical (unpaired) electrons. The van der Waals surface area contributed by atoms with Crippen LogP contribution in [0.3, 0.4) is 0 Å².